The number of aliphatic hydroxyl groups excluding tert-OH is 2. The van der Waals surface area contributed by atoms with Crippen molar-refractivity contribution in [3.8, 4) is 0 Å². The van der Waals surface area contributed by atoms with Crippen molar-refractivity contribution < 1.29 is 24.5 Å². The van der Waals surface area contributed by atoms with Crippen LogP contribution in [-0.4, -0.2) is 48.5 Å². The quantitative estimate of drug-likeness (QED) is 0.440. The summed E-state index contributed by atoms with van der Waals surface area (Å²) < 4.78 is 5.13. The number of hydrogen-bond acceptors (Lipinski definition) is 5. The lowest BCUT2D eigenvalue weighted by Crippen LogP contribution is -2.35. The lowest BCUT2D eigenvalue weighted by atomic mass is 10.0. The van der Waals surface area contributed by atoms with Gasteiger partial charge < -0.3 is 14.9 Å². The van der Waals surface area contributed by atoms with Crippen LogP contribution in [0.25, 0.3) is 0 Å². The molecule has 1 aliphatic rings. The first-order valence-corrected chi connectivity index (χ1v) is 10.1. The number of benzene rings is 1. The summed E-state index contributed by atoms with van der Waals surface area (Å²) >= 11 is 0. The van der Waals surface area contributed by atoms with Crippen molar-refractivity contribution in [2.75, 3.05) is 31.4 Å². The van der Waals surface area contributed by atoms with E-state index in [0.29, 0.717) is 12.1 Å². The largest absolute Gasteiger partial charge is 0.394 e. The molecular weight excluding hydrogens is 360 g/mol. The standard InChI is InChI=1S/C13H16N2O2.C6H14O.C2H6O2/c1-2-3-9-11-12(16)14-15(13(11)17)10-7-5-4-6-8-10;1-3-5-7-6-4-2;3-1-2-4/h4-8,11H,2-3,9H2,1H3,(H,14,16);3-6H2,1-2H3;3-4H,1-2H2. The van der Waals surface area contributed by atoms with E-state index in [0.717, 1.165) is 38.9 Å². The minimum Gasteiger partial charge on any atom is -0.394 e. The number of ether oxygens (including phenoxy) is 1. The van der Waals surface area contributed by atoms with Crippen molar-refractivity contribution in [2.24, 2.45) is 5.92 Å². The molecule has 7 nitrogen and oxygen atoms in total. The highest BCUT2D eigenvalue weighted by Gasteiger charge is 2.39. The van der Waals surface area contributed by atoms with Gasteiger partial charge in [-0.3, -0.25) is 15.0 Å². The Morgan fingerprint density at radius 2 is 1.54 bits per heavy atom. The Labute approximate surface area is 168 Å². The number of carbonyl (C=O) groups is 2. The Balaban J connectivity index is 0.000000553. The Morgan fingerprint density at radius 3 is 2.00 bits per heavy atom. The first-order chi connectivity index (χ1) is 13.6. The van der Waals surface area contributed by atoms with Crippen LogP contribution in [0.3, 0.4) is 0 Å². The number of carbonyl (C=O) groups excluding carboxylic acids is 2. The third-order valence-electron chi connectivity index (χ3n) is 3.71. The van der Waals surface area contributed by atoms with Crippen molar-refractivity contribution >= 4 is 17.5 Å². The molecule has 1 fully saturated rings. The molecule has 1 aromatic rings. The third kappa shape index (κ3) is 10.4. The van der Waals surface area contributed by atoms with Gasteiger partial charge in [-0.15, -0.1) is 0 Å². The van der Waals surface area contributed by atoms with Gasteiger partial charge in [0.2, 0.25) is 0 Å². The van der Waals surface area contributed by atoms with Gasteiger partial charge in [0.15, 0.2) is 0 Å². The molecule has 7 heteroatoms. The number of aliphatic hydroxyl groups is 2. The normalized spacial score (nSPS) is 15.3. The molecule has 1 aliphatic heterocycles. The molecule has 1 atom stereocenters. The zero-order valence-corrected chi connectivity index (χ0v) is 17.4. The topological polar surface area (TPSA) is 99.1 Å². The van der Waals surface area contributed by atoms with Crippen LogP contribution in [-0.2, 0) is 14.3 Å². The van der Waals surface area contributed by atoms with Gasteiger partial charge in [-0.2, -0.15) is 0 Å². The lowest BCUT2D eigenvalue weighted by molar-refractivity contribution is -0.127. The minimum atomic E-state index is -0.518. The van der Waals surface area contributed by atoms with E-state index in [1.165, 1.54) is 5.01 Å². The van der Waals surface area contributed by atoms with Gasteiger partial charge in [0, 0.05) is 13.2 Å². The number of anilines is 1. The summed E-state index contributed by atoms with van der Waals surface area (Å²) in [5.41, 5.74) is 3.34. The van der Waals surface area contributed by atoms with Crippen molar-refractivity contribution in [1.82, 2.24) is 5.43 Å². The second-order valence-corrected chi connectivity index (χ2v) is 6.24. The van der Waals surface area contributed by atoms with E-state index in [2.05, 4.69) is 19.3 Å². The molecule has 1 heterocycles. The summed E-state index contributed by atoms with van der Waals surface area (Å²) in [6.07, 6.45) is 4.79. The molecule has 2 amide bonds. The molecule has 1 unspecified atom stereocenters. The summed E-state index contributed by atoms with van der Waals surface area (Å²) in [6.45, 7) is 7.89. The number of hydrogen-bond donors (Lipinski definition) is 3. The van der Waals surface area contributed by atoms with Crippen LogP contribution >= 0.6 is 0 Å². The van der Waals surface area contributed by atoms with Gasteiger partial charge in [-0.1, -0.05) is 51.8 Å². The van der Waals surface area contributed by atoms with E-state index in [9.17, 15) is 9.59 Å². The average Bonchev–Trinajstić information content (AvgIpc) is 3.01. The van der Waals surface area contributed by atoms with Crippen LogP contribution in [0.15, 0.2) is 30.3 Å². The SMILES string of the molecule is CCCCC1C(=O)NN(c2ccccc2)C1=O.CCCOCCC.OCCO. The molecular formula is C21H36N2O5. The zero-order chi connectivity index (χ0) is 21.2. The lowest BCUT2D eigenvalue weighted by Gasteiger charge is -2.14. The van der Waals surface area contributed by atoms with Gasteiger partial charge in [-0.05, 0) is 31.4 Å². The number of nitrogens with zero attached hydrogens (tertiary/aromatic N) is 1. The van der Waals surface area contributed by atoms with Crippen LogP contribution in [0.4, 0.5) is 5.69 Å². The predicted molar refractivity (Wildman–Crippen MR) is 111 cm³/mol. The third-order valence-corrected chi connectivity index (χ3v) is 3.71. The van der Waals surface area contributed by atoms with Crippen molar-refractivity contribution in [2.45, 2.75) is 52.9 Å². The predicted octanol–water partition coefficient (Wildman–Crippen LogP) is 2.66. The molecule has 28 heavy (non-hydrogen) atoms. The monoisotopic (exact) mass is 396 g/mol. The molecule has 160 valence electrons. The van der Waals surface area contributed by atoms with Gasteiger partial charge >= 0.3 is 0 Å². The van der Waals surface area contributed by atoms with Crippen molar-refractivity contribution in [1.29, 1.82) is 0 Å². The van der Waals surface area contributed by atoms with Crippen LogP contribution in [0, 0.1) is 5.92 Å². The highest BCUT2D eigenvalue weighted by atomic mass is 16.5. The fourth-order valence-corrected chi connectivity index (χ4v) is 2.33. The molecule has 0 saturated carbocycles. The number of nitrogens with one attached hydrogen (secondary N) is 1. The summed E-state index contributed by atoms with van der Waals surface area (Å²) in [5, 5.41) is 16.6. The fourth-order valence-electron chi connectivity index (χ4n) is 2.33. The molecule has 0 bridgehead atoms. The first kappa shape index (κ1) is 26.0. The molecule has 1 aromatic carbocycles. The Kier molecular flexibility index (Phi) is 16.0. The number of amides is 2. The zero-order valence-electron chi connectivity index (χ0n) is 17.4. The molecule has 3 N–H and O–H groups in total. The summed E-state index contributed by atoms with van der Waals surface area (Å²) in [5.74, 6) is -0.850. The van der Waals surface area contributed by atoms with E-state index in [1.54, 1.807) is 12.1 Å². The second kappa shape index (κ2) is 17.2. The fraction of sp³-hybridized carbons (Fsp3) is 0.619. The van der Waals surface area contributed by atoms with Crippen molar-refractivity contribution in [3.63, 3.8) is 0 Å². The Hall–Kier alpha value is -1.96. The van der Waals surface area contributed by atoms with E-state index in [4.69, 9.17) is 14.9 Å². The van der Waals surface area contributed by atoms with Crippen LogP contribution < -0.4 is 10.4 Å². The van der Waals surface area contributed by atoms with Gasteiger partial charge in [0.25, 0.3) is 11.8 Å². The van der Waals surface area contributed by atoms with Crippen LogP contribution in [0.5, 0.6) is 0 Å². The van der Waals surface area contributed by atoms with E-state index in [-0.39, 0.29) is 25.0 Å². The van der Waals surface area contributed by atoms with Gasteiger partial charge in [0.05, 0.1) is 18.9 Å². The molecule has 0 aromatic heterocycles. The number of unbranched alkanes of at least 4 members (excludes halogenated alkanes) is 1. The molecule has 0 aliphatic carbocycles. The number of rotatable bonds is 9. The molecule has 2 rings (SSSR count). The van der Waals surface area contributed by atoms with Crippen LogP contribution in [0.1, 0.15) is 52.9 Å². The summed E-state index contributed by atoms with van der Waals surface area (Å²) in [7, 11) is 0. The summed E-state index contributed by atoms with van der Waals surface area (Å²) in [6, 6.07) is 9.17. The Bertz CT molecular complexity index is 519. The van der Waals surface area contributed by atoms with Crippen LogP contribution in [0.2, 0.25) is 0 Å². The Morgan fingerprint density at radius 1 is 0.964 bits per heavy atom. The highest BCUT2D eigenvalue weighted by molar-refractivity contribution is 6.14. The first-order valence-electron chi connectivity index (χ1n) is 10.1. The van der Waals surface area contributed by atoms with E-state index < -0.39 is 5.92 Å². The maximum Gasteiger partial charge on any atom is 0.258 e. The van der Waals surface area contributed by atoms with Gasteiger partial charge in [0.1, 0.15) is 5.92 Å². The second-order valence-electron chi connectivity index (χ2n) is 6.24. The number of hydrazine groups is 1. The summed E-state index contributed by atoms with van der Waals surface area (Å²) in [4.78, 5) is 23.8. The smallest absolute Gasteiger partial charge is 0.258 e. The highest BCUT2D eigenvalue weighted by Crippen LogP contribution is 2.22. The molecule has 0 spiro atoms. The van der Waals surface area contributed by atoms with Gasteiger partial charge in [-0.25, -0.2) is 5.01 Å². The minimum absolute atomic E-state index is 0.125. The number of para-hydroxylation sites is 1. The maximum absolute atomic E-state index is 12.1. The van der Waals surface area contributed by atoms with E-state index >= 15 is 0 Å². The van der Waals surface area contributed by atoms with Crippen molar-refractivity contribution in [3.05, 3.63) is 30.3 Å². The average molecular weight is 397 g/mol. The molecule has 1 saturated heterocycles. The maximum atomic E-state index is 12.1. The molecule has 0 radical (unpaired) electrons. The van der Waals surface area contributed by atoms with E-state index in [1.807, 2.05) is 25.1 Å².